The van der Waals surface area contributed by atoms with Crippen LogP contribution in [0, 0.1) is 0 Å². The maximum absolute atomic E-state index is 12.3. The van der Waals surface area contributed by atoms with E-state index in [1.54, 1.807) is 4.57 Å². The van der Waals surface area contributed by atoms with E-state index in [4.69, 9.17) is 11.6 Å². The molecule has 0 aliphatic heterocycles. The van der Waals surface area contributed by atoms with E-state index < -0.39 is 0 Å². The van der Waals surface area contributed by atoms with Gasteiger partial charge in [0.2, 0.25) is 0 Å². The SMILES string of the molecule is CCn1c(SCc2nnsc2Cl)nc2ccsc2c1=O. The molecular formula is C11H9ClN4OS3. The van der Waals surface area contributed by atoms with E-state index in [-0.39, 0.29) is 5.56 Å². The third-order valence-corrected chi connectivity index (χ3v) is 5.56. The summed E-state index contributed by atoms with van der Waals surface area (Å²) in [6.45, 7) is 2.52. The van der Waals surface area contributed by atoms with E-state index in [0.29, 0.717) is 26.5 Å². The van der Waals surface area contributed by atoms with Gasteiger partial charge in [-0.15, -0.1) is 16.4 Å². The van der Waals surface area contributed by atoms with Crippen LogP contribution < -0.4 is 5.56 Å². The van der Waals surface area contributed by atoms with Crippen molar-refractivity contribution in [1.29, 1.82) is 0 Å². The van der Waals surface area contributed by atoms with Crippen LogP contribution in [0.3, 0.4) is 0 Å². The third-order valence-electron chi connectivity index (χ3n) is 2.69. The molecule has 0 amide bonds. The van der Waals surface area contributed by atoms with Crippen LogP contribution in [-0.4, -0.2) is 19.1 Å². The first-order chi connectivity index (χ1) is 9.70. The molecule has 3 rings (SSSR count). The van der Waals surface area contributed by atoms with Crippen LogP contribution in [0.1, 0.15) is 12.6 Å². The molecule has 0 saturated heterocycles. The second-order valence-electron chi connectivity index (χ2n) is 3.86. The lowest BCUT2D eigenvalue weighted by Gasteiger charge is -2.08. The Morgan fingerprint density at radius 2 is 2.35 bits per heavy atom. The van der Waals surface area contributed by atoms with E-state index in [9.17, 15) is 4.79 Å². The summed E-state index contributed by atoms with van der Waals surface area (Å²) < 4.78 is 6.75. The highest BCUT2D eigenvalue weighted by atomic mass is 35.5. The Kier molecular flexibility index (Phi) is 4.06. The van der Waals surface area contributed by atoms with Gasteiger partial charge < -0.3 is 0 Å². The van der Waals surface area contributed by atoms with Crippen molar-refractivity contribution in [3.8, 4) is 0 Å². The minimum atomic E-state index is 0.0116. The Morgan fingerprint density at radius 3 is 3.05 bits per heavy atom. The molecule has 20 heavy (non-hydrogen) atoms. The van der Waals surface area contributed by atoms with Crippen LogP contribution in [0.4, 0.5) is 0 Å². The Balaban J connectivity index is 1.98. The van der Waals surface area contributed by atoms with Crippen molar-refractivity contribution in [3.05, 3.63) is 31.8 Å². The molecule has 3 aromatic rings. The minimum Gasteiger partial charge on any atom is -0.287 e. The minimum absolute atomic E-state index is 0.0116. The predicted octanol–water partition coefficient (Wildman–Crippen LogP) is 3.28. The zero-order valence-corrected chi connectivity index (χ0v) is 13.6. The molecule has 0 unspecified atom stereocenters. The Morgan fingerprint density at radius 1 is 1.50 bits per heavy atom. The molecule has 0 saturated carbocycles. The molecule has 0 N–H and O–H groups in total. The van der Waals surface area contributed by atoms with Crippen molar-refractivity contribution in [1.82, 2.24) is 19.1 Å². The summed E-state index contributed by atoms with van der Waals surface area (Å²) in [5, 5.41) is 6.53. The van der Waals surface area contributed by atoms with Gasteiger partial charge in [-0.1, -0.05) is 27.9 Å². The average Bonchev–Trinajstić information content (AvgIpc) is 3.05. The summed E-state index contributed by atoms with van der Waals surface area (Å²) in [4.78, 5) is 16.9. The second kappa shape index (κ2) is 5.80. The topological polar surface area (TPSA) is 60.7 Å². The second-order valence-corrected chi connectivity index (χ2v) is 7.08. The van der Waals surface area contributed by atoms with Gasteiger partial charge in [0.1, 0.15) is 14.7 Å². The molecule has 0 aliphatic carbocycles. The predicted molar refractivity (Wildman–Crippen MR) is 84.0 cm³/mol. The van der Waals surface area contributed by atoms with Gasteiger partial charge in [0.15, 0.2) is 5.16 Å². The normalized spacial score (nSPS) is 11.3. The first-order valence-corrected chi connectivity index (χ1v) is 8.80. The fourth-order valence-electron chi connectivity index (χ4n) is 1.73. The summed E-state index contributed by atoms with van der Waals surface area (Å²) in [7, 11) is 0. The molecule has 104 valence electrons. The molecule has 3 heterocycles. The highest BCUT2D eigenvalue weighted by Crippen LogP contribution is 2.27. The first kappa shape index (κ1) is 14.0. The number of aromatic nitrogens is 4. The van der Waals surface area contributed by atoms with Crippen molar-refractivity contribution >= 4 is 56.4 Å². The largest absolute Gasteiger partial charge is 0.287 e. The summed E-state index contributed by atoms with van der Waals surface area (Å²) in [5.74, 6) is 0.553. The zero-order chi connectivity index (χ0) is 14.1. The van der Waals surface area contributed by atoms with Gasteiger partial charge in [0, 0.05) is 23.8 Å². The van der Waals surface area contributed by atoms with E-state index in [2.05, 4.69) is 14.6 Å². The van der Waals surface area contributed by atoms with Gasteiger partial charge in [-0.05, 0) is 18.4 Å². The van der Waals surface area contributed by atoms with Gasteiger partial charge in [-0.3, -0.25) is 9.36 Å². The van der Waals surface area contributed by atoms with Crippen LogP contribution in [-0.2, 0) is 12.3 Å². The molecule has 0 spiro atoms. The van der Waals surface area contributed by atoms with E-state index >= 15 is 0 Å². The quantitative estimate of drug-likeness (QED) is 0.537. The summed E-state index contributed by atoms with van der Waals surface area (Å²) in [6, 6.07) is 1.86. The van der Waals surface area contributed by atoms with Crippen LogP contribution in [0.2, 0.25) is 4.34 Å². The highest BCUT2D eigenvalue weighted by molar-refractivity contribution is 7.98. The number of halogens is 1. The number of nitrogens with zero attached hydrogens (tertiary/aromatic N) is 4. The fraction of sp³-hybridized carbons (Fsp3) is 0.273. The number of hydrogen-bond donors (Lipinski definition) is 0. The standard InChI is InChI=1S/C11H9ClN4OS3/c1-2-16-10(17)8-6(3-4-18-8)13-11(16)19-5-7-9(12)20-15-14-7/h3-4H,2,5H2,1H3. The summed E-state index contributed by atoms with van der Waals surface area (Å²) in [6.07, 6.45) is 0. The summed E-state index contributed by atoms with van der Waals surface area (Å²) >= 11 is 10.0. The smallest absolute Gasteiger partial charge is 0.272 e. The molecule has 0 fully saturated rings. The van der Waals surface area contributed by atoms with Gasteiger partial charge in [-0.25, -0.2) is 4.98 Å². The van der Waals surface area contributed by atoms with Crippen LogP contribution in [0.5, 0.6) is 0 Å². The van der Waals surface area contributed by atoms with Crippen LogP contribution in [0.15, 0.2) is 21.4 Å². The molecule has 0 atom stereocenters. The van der Waals surface area contributed by atoms with E-state index in [0.717, 1.165) is 22.7 Å². The number of hydrogen-bond acceptors (Lipinski definition) is 7. The summed E-state index contributed by atoms with van der Waals surface area (Å²) in [5.41, 5.74) is 1.48. The number of fused-ring (bicyclic) bond motifs is 1. The average molecular weight is 345 g/mol. The number of thiophene rings is 1. The lowest BCUT2D eigenvalue weighted by Crippen LogP contribution is -2.21. The Hall–Kier alpha value is -0.960. The Bertz CT molecular complexity index is 809. The molecule has 0 bridgehead atoms. The first-order valence-electron chi connectivity index (χ1n) is 5.78. The molecule has 5 nitrogen and oxygen atoms in total. The molecular weight excluding hydrogens is 336 g/mol. The molecule has 3 aromatic heterocycles. The molecule has 0 radical (unpaired) electrons. The van der Waals surface area contributed by atoms with Gasteiger partial charge >= 0.3 is 0 Å². The fourth-order valence-corrected chi connectivity index (χ4v) is 4.30. The lowest BCUT2D eigenvalue weighted by atomic mass is 10.5. The van der Waals surface area contributed by atoms with Crippen molar-refractivity contribution < 1.29 is 0 Å². The van der Waals surface area contributed by atoms with Crippen molar-refractivity contribution in [3.63, 3.8) is 0 Å². The maximum Gasteiger partial charge on any atom is 0.272 e. The third kappa shape index (κ3) is 2.48. The molecule has 0 aromatic carbocycles. The van der Waals surface area contributed by atoms with Gasteiger partial charge in [-0.2, -0.15) is 0 Å². The van der Waals surface area contributed by atoms with Crippen LogP contribution in [0.25, 0.3) is 10.2 Å². The Labute approximate surface area is 131 Å². The van der Waals surface area contributed by atoms with Crippen molar-refractivity contribution in [2.45, 2.75) is 24.4 Å². The molecule has 9 heteroatoms. The number of rotatable bonds is 4. The van der Waals surface area contributed by atoms with Gasteiger partial charge in [0.05, 0.1) is 5.52 Å². The van der Waals surface area contributed by atoms with Crippen molar-refractivity contribution in [2.75, 3.05) is 0 Å². The van der Waals surface area contributed by atoms with Crippen molar-refractivity contribution in [2.24, 2.45) is 0 Å². The zero-order valence-electron chi connectivity index (χ0n) is 10.4. The van der Waals surface area contributed by atoms with Crippen LogP contribution >= 0.6 is 46.2 Å². The monoisotopic (exact) mass is 344 g/mol. The van der Waals surface area contributed by atoms with E-state index in [1.165, 1.54) is 23.1 Å². The maximum atomic E-state index is 12.3. The van der Waals surface area contributed by atoms with E-state index in [1.807, 2.05) is 18.4 Å². The number of thioether (sulfide) groups is 1. The molecule has 0 aliphatic rings. The highest BCUT2D eigenvalue weighted by Gasteiger charge is 2.13. The lowest BCUT2D eigenvalue weighted by molar-refractivity contribution is 0.635. The van der Waals surface area contributed by atoms with Gasteiger partial charge in [0.25, 0.3) is 5.56 Å².